The first-order valence-electron chi connectivity index (χ1n) is 12.2. The fraction of sp³-hybridized carbons (Fsp3) is 0.286. The maximum Gasteiger partial charge on any atom is 0.296 e. The van der Waals surface area contributed by atoms with E-state index >= 15 is 0 Å². The number of hydrogen-bond donors (Lipinski definition) is 3. The van der Waals surface area contributed by atoms with Crippen LogP contribution >= 0.6 is 23.0 Å². The topological polar surface area (TPSA) is 110 Å². The minimum Gasteiger partial charge on any atom is -0.496 e. The third kappa shape index (κ3) is 10.00. The number of allylic oxidation sites excluding steroid dienone is 4. The Balaban J connectivity index is 0.00000131. The number of aromatic nitrogens is 3. The van der Waals surface area contributed by atoms with E-state index in [1.807, 2.05) is 31.2 Å². The fourth-order valence-corrected chi connectivity index (χ4v) is 3.92. The van der Waals surface area contributed by atoms with Gasteiger partial charge < -0.3 is 9.47 Å². The number of nitrogens with zero attached hydrogens (tertiary/aromatic N) is 3. The number of nitrogens with one attached hydrogen (secondary N) is 2. The molecule has 0 aliphatic heterocycles. The number of carbonyl (C=O) groups is 1. The monoisotopic (exact) mass is 603 g/mol. The van der Waals surface area contributed by atoms with Crippen molar-refractivity contribution in [1.29, 1.82) is 4.78 Å². The van der Waals surface area contributed by atoms with Crippen molar-refractivity contribution in [2.24, 2.45) is 0 Å². The maximum absolute atomic E-state index is 14.8. The number of halogens is 1. The van der Waals surface area contributed by atoms with Crippen molar-refractivity contribution in [3.05, 3.63) is 83.0 Å². The number of ether oxygens (including phenoxy) is 2. The largest absolute Gasteiger partial charge is 0.496 e. The standard InChI is InChI=1S/C27H29FN4O3S.CH5NS2/c1-6-8-9-11-19(17(3)7-2)16-35-27-32-31-26(36-27)30-25(33)21-15-29-18(4)14-20(21)24-22(28)12-10-13-23(24)34-5;1-4(2)3/h6,8-15H,7,16H2,1-5H3,(H,30,31,33);1H3,(H2,2,3)/b8-6-,11-9-,19-17+;. The molecule has 0 radical (unpaired) electrons. The highest BCUT2D eigenvalue weighted by molar-refractivity contribution is 8.60. The summed E-state index contributed by atoms with van der Waals surface area (Å²) < 4.78 is 32.4. The van der Waals surface area contributed by atoms with Gasteiger partial charge in [0.2, 0.25) is 5.13 Å². The van der Waals surface area contributed by atoms with Crippen LogP contribution in [0.3, 0.4) is 0 Å². The summed E-state index contributed by atoms with van der Waals surface area (Å²) in [5, 5.41) is 11.3. The second-order valence-corrected chi connectivity index (χ2v) is 11.9. The van der Waals surface area contributed by atoms with Crippen molar-refractivity contribution >= 4 is 43.8 Å². The summed E-state index contributed by atoms with van der Waals surface area (Å²) >= 11 is 4.77. The Labute approximate surface area is 246 Å². The summed E-state index contributed by atoms with van der Waals surface area (Å²) in [4.78, 5) is 17.4. The quantitative estimate of drug-likeness (QED) is 0.127. The molecule has 8 nitrogen and oxygen atoms in total. The SMILES string of the molecule is CS(=N)S.C\C=C/C=C\C(COc1nnc(NC(=O)c2cnc(C)cc2-c2c(F)cccc2OC)s1)=C(\C)CC. The highest BCUT2D eigenvalue weighted by atomic mass is 33.1. The van der Waals surface area contributed by atoms with Gasteiger partial charge in [0.15, 0.2) is 0 Å². The molecular formula is C28H34FN5O3S3. The lowest BCUT2D eigenvalue weighted by molar-refractivity contribution is 0.102. The Morgan fingerprint density at radius 2 is 2.02 bits per heavy atom. The molecule has 0 spiro atoms. The Morgan fingerprint density at radius 3 is 2.67 bits per heavy atom. The normalized spacial score (nSPS) is 12.5. The van der Waals surface area contributed by atoms with Crippen molar-refractivity contribution in [1.82, 2.24) is 15.2 Å². The van der Waals surface area contributed by atoms with E-state index in [9.17, 15) is 9.18 Å². The number of amides is 1. The summed E-state index contributed by atoms with van der Waals surface area (Å²) in [6.07, 6.45) is 11.9. The van der Waals surface area contributed by atoms with Gasteiger partial charge in [-0.2, -0.15) is 0 Å². The van der Waals surface area contributed by atoms with E-state index in [4.69, 9.17) is 14.3 Å². The van der Waals surface area contributed by atoms with Gasteiger partial charge in [-0.3, -0.25) is 19.9 Å². The number of methoxy groups -OCH3 is 1. The average molecular weight is 604 g/mol. The summed E-state index contributed by atoms with van der Waals surface area (Å²) in [6.45, 7) is 8.19. The van der Waals surface area contributed by atoms with E-state index in [-0.39, 0.29) is 16.3 Å². The molecule has 0 aliphatic rings. The number of carbonyl (C=O) groups excluding carboxylic acids is 1. The molecule has 2 N–H and O–H groups in total. The molecule has 0 saturated carbocycles. The summed E-state index contributed by atoms with van der Waals surface area (Å²) in [7, 11) is 1.04. The van der Waals surface area contributed by atoms with E-state index in [1.54, 1.807) is 31.4 Å². The second-order valence-electron chi connectivity index (χ2n) is 8.33. The molecule has 0 fully saturated rings. The smallest absolute Gasteiger partial charge is 0.296 e. The first-order chi connectivity index (χ1) is 19.1. The van der Waals surface area contributed by atoms with Gasteiger partial charge in [-0.15, -0.1) is 16.8 Å². The molecule has 2 aromatic heterocycles. The van der Waals surface area contributed by atoms with Crippen LogP contribution in [-0.2, 0) is 9.72 Å². The van der Waals surface area contributed by atoms with E-state index < -0.39 is 21.4 Å². The number of anilines is 1. The Hall–Kier alpha value is -3.35. The first kappa shape index (κ1) is 32.9. The predicted octanol–water partition coefficient (Wildman–Crippen LogP) is 7.39. The molecule has 214 valence electrons. The van der Waals surface area contributed by atoms with E-state index in [1.165, 1.54) is 24.9 Å². The Bertz CT molecular complexity index is 1420. The van der Waals surface area contributed by atoms with Crippen LogP contribution in [0.1, 0.15) is 43.2 Å². The molecule has 1 aromatic carbocycles. The van der Waals surface area contributed by atoms with E-state index in [0.29, 0.717) is 28.8 Å². The third-order valence-electron chi connectivity index (χ3n) is 5.41. The average Bonchev–Trinajstić information content (AvgIpc) is 3.36. The summed E-state index contributed by atoms with van der Waals surface area (Å²) in [5.41, 5.74) is 3.62. The fourth-order valence-electron chi connectivity index (χ4n) is 3.33. The highest BCUT2D eigenvalue weighted by Gasteiger charge is 2.21. The van der Waals surface area contributed by atoms with Crippen molar-refractivity contribution in [3.8, 4) is 22.1 Å². The zero-order valence-corrected chi connectivity index (χ0v) is 25.8. The van der Waals surface area contributed by atoms with Gasteiger partial charge in [-0.05, 0) is 62.3 Å². The van der Waals surface area contributed by atoms with Crippen LogP contribution in [-0.4, -0.2) is 41.1 Å². The molecule has 40 heavy (non-hydrogen) atoms. The predicted molar refractivity (Wildman–Crippen MR) is 166 cm³/mol. The van der Waals surface area contributed by atoms with Crippen LogP contribution in [0.25, 0.3) is 11.1 Å². The first-order valence-corrected chi connectivity index (χ1v) is 15.7. The minimum absolute atomic E-state index is 0.180. The molecule has 12 heteroatoms. The number of pyridine rings is 1. The maximum atomic E-state index is 14.8. The Morgan fingerprint density at radius 1 is 1.30 bits per heavy atom. The number of aryl methyl sites for hydroxylation is 1. The lowest BCUT2D eigenvalue weighted by Crippen LogP contribution is -2.14. The molecule has 0 saturated heterocycles. The number of rotatable bonds is 10. The van der Waals surface area contributed by atoms with Crippen molar-refractivity contribution in [2.75, 3.05) is 25.3 Å². The van der Waals surface area contributed by atoms with Crippen LogP contribution in [0.2, 0.25) is 0 Å². The van der Waals surface area contributed by atoms with E-state index in [0.717, 1.165) is 23.3 Å². The minimum atomic E-state index is -0.504. The van der Waals surface area contributed by atoms with Gasteiger partial charge in [0.25, 0.3) is 11.1 Å². The third-order valence-corrected chi connectivity index (χ3v) is 6.16. The molecule has 0 bridgehead atoms. The van der Waals surface area contributed by atoms with Crippen LogP contribution < -0.4 is 14.8 Å². The van der Waals surface area contributed by atoms with Gasteiger partial charge in [0.05, 0.1) is 18.2 Å². The van der Waals surface area contributed by atoms with Crippen LogP contribution in [0.5, 0.6) is 10.9 Å². The molecule has 3 aromatic rings. The van der Waals surface area contributed by atoms with Crippen molar-refractivity contribution in [3.63, 3.8) is 0 Å². The van der Waals surface area contributed by atoms with Gasteiger partial charge in [-0.25, -0.2) is 4.39 Å². The van der Waals surface area contributed by atoms with Gasteiger partial charge >= 0.3 is 0 Å². The highest BCUT2D eigenvalue weighted by Crippen LogP contribution is 2.35. The molecule has 0 aliphatic carbocycles. The molecular weight excluding hydrogens is 570 g/mol. The van der Waals surface area contributed by atoms with Crippen LogP contribution in [0, 0.1) is 17.5 Å². The van der Waals surface area contributed by atoms with Gasteiger partial charge in [0, 0.05) is 23.7 Å². The number of benzene rings is 1. The zero-order valence-electron chi connectivity index (χ0n) is 23.3. The molecule has 1 atom stereocenters. The van der Waals surface area contributed by atoms with Crippen LogP contribution in [0.4, 0.5) is 9.52 Å². The van der Waals surface area contributed by atoms with Gasteiger partial charge in [0.1, 0.15) is 18.2 Å². The van der Waals surface area contributed by atoms with Crippen molar-refractivity contribution in [2.45, 2.75) is 34.1 Å². The van der Waals surface area contributed by atoms with Gasteiger partial charge in [-0.1, -0.05) is 57.7 Å². The number of hydrogen-bond acceptors (Lipinski definition) is 8. The lowest BCUT2D eigenvalue weighted by atomic mass is 9.98. The summed E-state index contributed by atoms with van der Waals surface area (Å²) in [5.74, 6) is -0.687. The van der Waals surface area contributed by atoms with E-state index in [2.05, 4.69) is 46.0 Å². The molecule has 1 unspecified atom stereocenters. The Kier molecular flexibility index (Phi) is 13.7. The second kappa shape index (κ2) is 16.7. The van der Waals surface area contributed by atoms with Crippen molar-refractivity contribution < 1.29 is 18.7 Å². The lowest BCUT2D eigenvalue weighted by Gasteiger charge is -2.14. The summed E-state index contributed by atoms with van der Waals surface area (Å²) in [6, 6.07) is 6.16. The molecule has 2 heterocycles. The molecule has 1 amide bonds. The molecule has 3 rings (SSSR count). The number of thiol groups is 1. The van der Waals surface area contributed by atoms with Crippen LogP contribution in [0.15, 0.2) is 65.9 Å². The zero-order chi connectivity index (χ0) is 29.7.